The molecule has 0 radical (unpaired) electrons. The third-order valence-electron chi connectivity index (χ3n) is 6.39. The van der Waals surface area contributed by atoms with Gasteiger partial charge in [-0.3, -0.25) is 0 Å². The minimum Gasteiger partial charge on any atom is -0.228 e. The van der Waals surface area contributed by atoms with Crippen molar-refractivity contribution in [3.8, 4) is 0 Å². The average molecular weight is 426 g/mol. The standard InChI is InChI=1S/C20H43NO4S2/c1-11-13-18(14-19(5,6)16(3)4)27(24,25)17(12-2)15-20(7,8)21(9)26(10,22)23/h16-18H,11-15H2,1-10H3. The highest BCUT2D eigenvalue weighted by molar-refractivity contribution is 7.92. The molecule has 0 rings (SSSR count). The van der Waals surface area contributed by atoms with E-state index in [0.717, 1.165) is 12.7 Å². The summed E-state index contributed by atoms with van der Waals surface area (Å²) < 4.78 is 52.3. The zero-order chi connectivity index (χ0) is 21.8. The SMILES string of the molecule is CCCC(CC(C)(C)C(C)C)S(=O)(=O)C(CC)CC(C)(C)N(C)S(C)(=O)=O. The molecule has 0 fully saturated rings. The first-order valence-corrected chi connectivity index (χ1v) is 13.6. The molecule has 0 aliphatic carbocycles. The van der Waals surface area contributed by atoms with Crippen LogP contribution in [0.15, 0.2) is 0 Å². The Morgan fingerprint density at radius 1 is 0.889 bits per heavy atom. The molecule has 0 saturated carbocycles. The lowest BCUT2D eigenvalue weighted by atomic mass is 9.77. The van der Waals surface area contributed by atoms with Gasteiger partial charge in [0.05, 0.1) is 16.8 Å². The van der Waals surface area contributed by atoms with Crippen LogP contribution in [-0.2, 0) is 19.9 Å². The fourth-order valence-corrected chi connectivity index (χ4v) is 7.27. The maximum Gasteiger partial charge on any atom is 0.211 e. The number of hydrogen-bond acceptors (Lipinski definition) is 4. The topological polar surface area (TPSA) is 71.5 Å². The van der Waals surface area contributed by atoms with E-state index in [0.29, 0.717) is 31.6 Å². The van der Waals surface area contributed by atoms with Gasteiger partial charge in [-0.1, -0.05) is 48.0 Å². The Labute approximate surface area is 169 Å². The molecule has 0 aliphatic heterocycles. The van der Waals surface area contributed by atoms with E-state index in [1.165, 1.54) is 11.4 Å². The van der Waals surface area contributed by atoms with Crippen LogP contribution in [0.3, 0.4) is 0 Å². The Morgan fingerprint density at radius 3 is 1.70 bits per heavy atom. The minimum atomic E-state index is -3.39. The van der Waals surface area contributed by atoms with Crippen molar-refractivity contribution < 1.29 is 16.8 Å². The summed E-state index contributed by atoms with van der Waals surface area (Å²) in [5.41, 5.74) is -0.823. The molecule has 0 N–H and O–H groups in total. The van der Waals surface area contributed by atoms with E-state index in [4.69, 9.17) is 0 Å². The summed E-state index contributed by atoms with van der Waals surface area (Å²) in [6.07, 6.45) is 4.07. The van der Waals surface area contributed by atoms with Crippen molar-refractivity contribution in [1.29, 1.82) is 0 Å². The second-order valence-corrected chi connectivity index (χ2v) is 14.1. The quantitative estimate of drug-likeness (QED) is 0.462. The van der Waals surface area contributed by atoms with E-state index in [1.807, 2.05) is 13.8 Å². The van der Waals surface area contributed by atoms with Crippen LogP contribution < -0.4 is 0 Å². The minimum absolute atomic E-state index is 0.0652. The molecule has 0 bridgehead atoms. The number of sulfone groups is 1. The predicted molar refractivity (Wildman–Crippen MR) is 116 cm³/mol. The van der Waals surface area contributed by atoms with Crippen molar-refractivity contribution in [1.82, 2.24) is 4.31 Å². The molecule has 2 unspecified atom stereocenters. The molecule has 7 heteroatoms. The van der Waals surface area contributed by atoms with Gasteiger partial charge >= 0.3 is 0 Å². The summed E-state index contributed by atoms with van der Waals surface area (Å²) in [6, 6.07) is 0. The molecule has 0 aromatic rings. The van der Waals surface area contributed by atoms with Crippen molar-refractivity contribution in [2.75, 3.05) is 13.3 Å². The molecule has 27 heavy (non-hydrogen) atoms. The molecule has 0 aliphatic rings. The van der Waals surface area contributed by atoms with Gasteiger partial charge in [0.15, 0.2) is 9.84 Å². The Bertz CT molecular complexity index is 664. The van der Waals surface area contributed by atoms with E-state index < -0.39 is 30.6 Å². The van der Waals surface area contributed by atoms with E-state index in [9.17, 15) is 16.8 Å². The van der Waals surface area contributed by atoms with Gasteiger partial charge in [0, 0.05) is 12.6 Å². The first-order chi connectivity index (χ1) is 11.9. The first-order valence-electron chi connectivity index (χ1n) is 10.1. The lowest BCUT2D eigenvalue weighted by molar-refractivity contribution is 0.220. The number of nitrogens with zero attached hydrogens (tertiary/aromatic N) is 1. The van der Waals surface area contributed by atoms with Crippen LogP contribution in [0.25, 0.3) is 0 Å². The highest BCUT2D eigenvalue weighted by Gasteiger charge is 2.41. The van der Waals surface area contributed by atoms with Crippen molar-refractivity contribution in [2.24, 2.45) is 11.3 Å². The summed E-state index contributed by atoms with van der Waals surface area (Å²) in [5.74, 6) is 0.389. The van der Waals surface area contributed by atoms with Gasteiger partial charge in [-0.05, 0) is 50.9 Å². The lowest BCUT2D eigenvalue weighted by Crippen LogP contribution is -2.48. The summed E-state index contributed by atoms with van der Waals surface area (Å²) in [4.78, 5) is 0. The molecular weight excluding hydrogens is 382 g/mol. The molecular formula is C20H43NO4S2. The molecule has 0 spiro atoms. The van der Waals surface area contributed by atoms with Crippen LogP contribution in [0, 0.1) is 11.3 Å². The average Bonchev–Trinajstić information content (AvgIpc) is 2.50. The Balaban J connectivity index is 5.80. The second-order valence-electron chi connectivity index (χ2n) is 9.62. The fraction of sp³-hybridized carbons (Fsp3) is 1.00. The molecule has 0 aromatic carbocycles. The zero-order valence-corrected chi connectivity index (χ0v) is 20.8. The summed E-state index contributed by atoms with van der Waals surface area (Å²) in [7, 11) is -5.24. The van der Waals surface area contributed by atoms with Gasteiger partial charge in [0.1, 0.15) is 0 Å². The highest BCUT2D eigenvalue weighted by atomic mass is 32.2. The molecule has 0 heterocycles. The van der Waals surface area contributed by atoms with Crippen LogP contribution in [0.1, 0.15) is 87.5 Å². The van der Waals surface area contributed by atoms with E-state index in [2.05, 4.69) is 27.7 Å². The van der Waals surface area contributed by atoms with Crippen LogP contribution in [-0.4, -0.2) is 50.5 Å². The van der Waals surface area contributed by atoms with Crippen molar-refractivity contribution in [3.63, 3.8) is 0 Å². The van der Waals surface area contributed by atoms with Gasteiger partial charge in [-0.2, -0.15) is 4.31 Å². The zero-order valence-electron chi connectivity index (χ0n) is 19.2. The molecule has 0 saturated heterocycles. The maximum atomic E-state index is 13.5. The van der Waals surface area contributed by atoms with Crippen molar-refractivity contribution in [3.05, 3.63) is 0 Å². The normalized spacial score (nSPS) is 16.7. The van der Waals surface area contributed by atoms with Gasteiger partial charge in [0.25, 0.3) is 0 Å². The third-order valence-corrected chi connectivity index (χ3v) is 10.6. The van der Waals surface area contributed by atoms with E-state index in [1.54, 1.807) is 13.8 Å². The molecule has 164 valence electrons. The van der Waals surface area contributed by atoms with E-state index >= 15 is 0 Å². The molecule has 5 nitrogen and oxygen atoms in total. The number of hydrogen-bond donors (Lipinski definition) is 0. The van der Waals surface area contributed by atoms with Crippen molar-refractivity contribution in [2.45, 2.75) is 104 Å². The van der Waals surface area contributed by atoms with Crippen LogP contribution in [0.2, 0.25) is 0 Å². The Kier molecular flexibility index (Phi) is 9.52. The predicted octanol–water partition coefficient (Wildman–Crippen LogP) is 4.48. The van der Waals surface area contributed by atoms with Crippen LogP contribution in [0.5, 0.6) is 0 Å². The van der Waals surface area contributed by atoms with Gasteiger partial charge < -0.3 is 0 Å². The van der Waals surface area contributed by atoms with Crippen LogP contribution in [0.4, 0.5) is 0 Å². The Hall–Kier alpha value is -0.140. The van der Waals surface area contributed by atoms with Gasteiger partial charge in [-0.25, -0.2) is 16.8 Å². The molecule has 0 aromatic heterocycles. The van der Waals surface area contributed by atoms with Gasteiger partial charge in [0.2, 0.25) is 10.0 Å². The smallest absolute Gasteiger partial charge is 0.211 e. The third kappa shape index (κ3) is 7.32. The highest BCUT2D eigenvalue weighted by Crippen LogP contribution is 2.37. The monoisotopic (exact) mass is 425 g/mol. The second kappa shape index (κ2) is 9.57. The van der Waals surface area contributed by atoms with E-state index in [-0.39, 0.29) is 10.7 Å². The van der Waals surface area contributed by atoms with Crippen LogP contribution >= 0.6 is 0 Å². The lowest BCUT2D eigenvalue weighted by Gasteiger charge is -2.38. The first kappa shape index (κ1) is 26.9. The largest absolute Gasteiger partial charge is 0.228 e. The maximum absolute atomic E-state index is 13.5. The summed E-state index contributed by atoms with van der Waals surface area (Å²) >= 11 is 0. The molecule has 2 atom stereocenters. The summed E-state index contributed by atoms with van der Waals surface area (Å²) in [6.45, 7) is 16.1. The molecule has 0 amide bonds. The number of rotatable bonds is 12. The van der Waals surface area contributed by atoms with Gasteiger partial charge in [-0.15, -0.1) is 0 Å². The Morgan fingerprint density at radius 2 is 1.37 bits per heavy atom. The number of sulfonamides is 1. The van der Waals surface area contributed by atoms with Crippen molar-refractivity contribution >= 4 is 19.9 Å². The fourth-order valence-electron chi connectivity index (χ4n) is 3.43. The summed E-state index contributed by atoms with van der Waals surface area (Å²) in [5, 5.41) is -0.930.